The normalized spacial score (nSPS) is 17.3. The van der Waals surface area contributed by atoms with Crippen LogP contribution in [0.15, 0.2) is 12.5 Å². The first-order valence-electron chi connectivity index (χ1n) is 7.78. The van der Waals surface area contributed by atoms with Crippen LogP contribution in [0.5, 0.6) is 0 Å². The zero-order valence-electron chi connectivity index (χ0n) is 13.4. The Balaban J connectivity index is 1.73. The molecule has 0 aromatic carbocycles. The van der Waals surface area contributed by atoms with E-state index in [2.05, 4.69) is 16.9 Å². The molecule has 5 nitrogen and oxygen atoms in total. The van der Waals surface area contributed by atoms with E-state index in [1.165, 1.54) is 10.6 Å². The number of rotatable bonds is 4. The zero-order valence-corrected chi connectivity index (χ0v) is 14.2. The number of hydrogen-bond acceptors (Lipinski definition) is 4. The average molecular weight is 318 g/mol. The summed E-state index contributed by atoms with van der Waals surface area (Å²) >= 11 is 1.69. The number of carbonyl (C=O) groups excluding carboxylic acids is 1. The predicted octanol–water partition coefficient (Wildman–Crippen LogP) is 2.52. The molecule has 2 aromatic heterocycles. The third kappa shape index (κ3) is 2.79. The van der Waals surface area contributed by atoms with Gasteiger partial charge in [-0.25, -0.2) is 9.97 Å². The topological polar surface area (TPSA) is 51.0 Å². The Hall–Kier alpha value is -1.69. The number of fused-ring (bicyclic) bond motifs is 1. The summed E-state index contributed by atoms with van der Waals surface area (Å²) in [5.41, 5.74) is 2.18. The summed E-state index contributed by atoms with van der Waals surface area (Å²) in [5.74, 6) is 0.0634. The molecule has 1 atom stereocenters. The Morgan fingerprint density at radius 1 is 1.50 bits per heavy atom. The summed E-state index contributed by atoms with van der Waals surface area (Å²) < 4.78 is 2.04. The highest BCUT2D eigenvalue weighted by Crippen LogP contribution is 2.32. The van der Waals surface area contributed by atoms with Gasteiger partial charge < -0.3 is 9.47 Å². The maximum atomic E-state index is 12.8. The number of amides is 1. The Bertz CT molecular complexity index is 675. The summed E-state index contributed by atoms with van der Waals surface area (Å²) in [6, 6.07) is 0. The minimum Gasteiger partial charge on any atom is -0.338 e. The van der Waals surface area contributed by atoms with Gasteiger partial charge in [0.2, 0.25) is 5.91 Å². The number of nitrogens with zero attached hydrogens (tertiary/aromatic N) is 4. The SMILES string of the molecule is CCc1cnc(CN(C)C(=O)C2CCCc3c2ncn3C)s1. The fourth-order valence-electron chi connectivity index (χ4n) is 3.05. The van der Waals surface area contributed by atoms with Gasteiger partial charge in [0, 0.05) is 30.9 Å². The lowest BCUT2D eigenvalue weighted by Gasteiger charge is -2.26. The second-order valence-corrected chi connectivity index (χ2v) is 7.10. The molecule has 22 heavy (non-hydrogen) atoms. The van der Waals surface area contributed by atoms with E-state index in [1.807, 2.05) is 31.2 Å². The van der Waals surface area contributed by atoms with Gasteiger partial charge in [-0.15, -0.1) is 11.3 Å². The molecule has 2 heterocycles. The Morgan fingerprint density at radius 3 is 3.05 bits per heavy atom. The predicted molar refractivity (Wildman–Crippen MR) is 86.9 cm³/mol. The van der Waals surface area contributed by atoms with E-state index < -0.39 is 0 Å². The summed E-state index contributed by atoms with van der Waals surface area (Å²) in [6.07, 6.45) is 7.70. The molecule has 1 aliphatic rings. The van der Waals surface area contributed by atoms with Crippen LogP contribution in [0.4, 0.5) is 0 Å². The lowest BCUT2D eigenvalue weighted by molar-refractivity contribution is -0.132. The maximum absolute atomic E-state index is 12.8. The maximum Gasteiger partial charge on any atom is 0.231 e. The van der Waals surface area contributed by atoms with Crippen molar-refractivity contribution in [1.29, 1.82) is 0 Å². The third-order valence-electron chi connectivity index (χ3n) is 4.32. The van der Waals surface area contributed by atoms with E-state index in [-0.39, 0.29) is 11.8 Å². The van der Waals surface area contributed by atoms with Crippen molar-refractivity contribution in [2.24, 2.45) is 7.05 Å². The highest BCUT2D eigenvalue weighted by atomic mass is 32.1. The van der Waals surface area contributed by atoms with Crippen molar-refractivity contribution in [3.8, 4) is 0 Å². The van der Waals surface area contributed by atoms with Gasteiger partial charge >= 0.3 is 0 Å². The van der Waals surface area contributed by atoms with Crippen molar-refractivity contribution < 1.29 is 4.79 Å². The zero-order chi connectivity index (χ0) is 15.7. The van der Waals surface area contributed by atoms with Gasteiger partial charge in [-0.1, -0.05) is 6.92 Å². The first-order valence-corrected chi connectivity index (χ1v) is 8.60. The quantitative estimate of drug-likeness (QED) is 0.870. The van der Waals surface area contributed by atoms with Crippen molar-refractivity contribution in [3.63, 3.8) is 0 Å². The number of likely N-dealkylation sites (N-methyl/N-ethyl adjacent to an activating group) is 1. The van der Waals surface area contributed by atoms with E-state index >= 15 is 0 Å². The molecule has 1 amide bonds. The number of thiazole rings is 1. The molecular weight excluding hydrogens is 296 g/mol. The van der Waals surface area contributed by atoms with Crippen LogP contribution in [0.3, 0.4) is 0 Å². The summed E-state index contributed by atoms with van der Waals surface area (Å²) in [7, 11) is 3.87. The minimum atomic E-state index is -0.0967. The summed E-state index contributed by atoms with van der Waals surface area (Å²) in [6.45, 7) is 2.71. The minimum absolute atomic E-state index is 0.0967. The van der Waals surface area contributed by atoms with Crippen LogP contribution in [0.25, 0.3) is 0 Å². The summed E-state index contributed by atoms with van der Waals surface area (Å²) in [5, 5.41) is 1.00. The highest BCUT2D eigenvalue weighted by molar-refractivity contribution is 7.11. The molecule has 2 aromatic rings. The number of imidazole rings is 1. The van der Waals surface area contributed by atoms with Crippen LogP contribution in [0.1, 0.15) is 47.0 Å². The molecule has 0 bridgehead atoms. The van der Waals surface area contributed by atoms with Gasteiger partial charge in [0.15, 0.2) is 0 Å². The molecule has 3 rings (SSSR count). The van der Waals surface area contributed by atoms with E-state index in [1.54, 1.807) is 16.2 Å². The second kappa shape index (κ2) is 6.20. The number of aromatic nitrogens is 3. The molecule has 118 valence electrons. The molecule has 0 saturated carbocycles. The van der Waals surface area contributed by atoms with Gasteiger partial charge in [0.25, 0.3) is 0 Å². The standard InChI is InChI=1S/C16H22N4OS/c1-4-11-8-17-14(22-11)9-19(2)16(21)12-6-5-7-13-15(12)18-10-20(13)3/h8,10,12H,4-7,9H2,1-3H3. The highest BCUT2D eigenvalue weighted by Gasteiger charge is 2.31. The average Bonchev–Trinajstić information content (AvgIpc) is 3.13. The lowest BCUT2D eigenvalue weighted by atomic mass is 9.88. The molecule has 0 fully saturated rings. The molecule has 0 aliphatic heterocycles. The van der Waals surface area contributed by atoms with Crippen molar-refractivity contribution in [2.75, 3.05) is 7.05 Å². The van der Waals surface area contributed by atoms with Crippen molar-refractivity contribution in [2.45, 2.75) is 45.1 Å². The van der Waals surface area contributed by atoms with Crippen LogP contribution in [-0.4, -0.2) is 32.4 Å². The second-order valence-electron chi connectivity index (χ2n) is 5.90. The fraction of sp³-hybridized carbons (Fsp3) is 0.562. The van der Waals surface area contributed by atoms with Crippen LogP contribution in [0.2, 0.25) is 0 Å². The molecule has 0 radical (unpaired) electrons. The number of aryl methyl sites for hydroxylation is 2. The van der Waals surface area contributed by atoms with Crippen LogP contribution in [0, 0.1) is 0 Å². The third-order valence-corrected chi connectivity index (χ3v) is 5.45. The van der Waals surface area contributed by atoms with Crippen LogP contribution >= 0.6 is 11.3 Å². The first kappa shape index (κ1) is 15.2. The van der Waals surface area contributed by atoms with Crippen molar-refractivity contribution in [1.82, 2.24) is 19.4 Å². The van der Waals surface area contributed by atoms with Crippen molar-refractivity contribution in [3.05, 3.63) is 33.8 Å². The Kier molecular flexibility index (Phi) is 4.29. The molecule has 1 aliphatic carbocycles. The molecule has 6 heteroatoms. The van der Waals surface area contributed by atoms with E-state index in [4.69, 9.17) is 0 Å². The van der Waals surface area contributed by atoms with E-state index in [9.17, 15) is 4.79 Å². The molecule has 0 spiro atoms. The van der Waals surface area contributed by atoms with Crippen LogP contribution < -0.4 is 0 Å². The molecule has 0 saturated heterocycles. The van der Waals surface area contributed by atoms with E-state index in [0.29, 0.717) is 6.54 Å². The van der Waals surface area contributed by atoms with Gasteiger partial charge in [-0.05, 0) is 25.7 Å². The lowest BCUT2D eigenvalue weighted by Crippen LogP contribution is -2.33. The molecular formula is C16H22N4OS. The fourth-order valence-corrected chi connectivity index (χ4v) is 3.97. The van der Waals surface area contributed by atoms with Crippen LogP contribution in [-0.2, 0) is 31.2 Å². The molecule has 0 N–H and O–H groups in total. The number of carbonyl (C=O) groups is 1. The van der Waals surface area contributed by atoms with Gasteiger partial charge in [-0.2, -0.15) is 0 Å². The van der Waals surface area contributed by atoms with Crippen molar-refractivity contribution >= 4 is 17.2 Å². The summed E-state index contributed by atoms with van der Waals surface area (Å²) in [4.78, 5) is 24.7. The largest absolute Gasteiger partial charge is 0.338 e. The van der Waals surface area contributed by atoms with E-state index in [0.717, 1.165) is 36.4 Å². The Morgan fingerprint density at radius 2 is 2.32 bits per heavy atom. The van der Waals surface area contributed by atoms with Gasteiger partial charge in [0.1, 0.15) is 5.01 Å². The van der Waals surface area contributed by atoms with Gasteiger partial charge in [0.05, 0.1) is 24.5 Å². The first-order chi connectivity index (χ1) is 10.6. The Labute approximate surface area is 135 Å². The smallest absolute Gasteiger partial charge is 0.231 e. The number of hydrogen-bond donors (Lipinski definition) is 0. The van der Waals surface area contributed by atoms with Gasteiger partial charge in [-0.3, -0.25) is 4.79 Å². The monoisotopic (exact) mass is 318 g/mol. The molecule has 1 unspecified atom stereocenters.